The highest BCUT2D eigenvalue weighted by Crippen LogP contribution is 2.36. The molecule has 92 valence electrons. The Kier molecular flexibility index (Phi) is 2.53. The molecule has 3 rings (SSSR count). The Balaban J connectivity index is 2.04. The number of benzene rings is 1. The van der Waals surface area contributed by atoms with E-state index in [1.165, 1.54) is 23.5 Å². The van der Waals surface area contributed by atoms with Crippen LogP contribution < -0.4 is 5.84 Å². The summed E-state index contributed by atoms with van der Waals surface area (Å²) >= 11 is 6.05. The molecule has 0 saturated carbocycles. The summed E-state index contributed by atoms with van der Waals surface area (Å²) in [6.07, 6.45) is 1.36. The fourth-order valence-electron chi connectivity index (χ4n) is 1.61. The fraction of sp³-hybridized carbons (Fsp3) is 0.0909. The Bertz CT molecular complexity index is 610. The van der Waals surface area contributed by atoms with Gasteiger partial charge in [0.1, 0.15) is 17.8 Å². The van der Waals surface area contributed by atoms with Crippen LogP contribution in [-0.2, 0) is 0 Å². The van der Waals surface area contributed by atoms with Gasteiger partial charge in [-0.1, -0.05) is 11.6 Å². The molecule has 2 N–H and O–H groups in total. The number of halogens is 2. The Morgan fingerprint density at radius 2 is 2.06 bits per heavy atom. The highest BCUT2D eigenvalue weighted by atomic mass is 35.5. The number of hydrogen-bond acceptors (Lipinski definition) is 5. The van der Waals surface area contributed by atoms with Gasteiger partial charge in [-0.3, -0.25) is 5.01 Å². The quantitative estimate of drug-likeness (QED) is 0.489. The van der Waals surface area contributed by atoms with Gasteiger partial charge in [0.2, 0.25) is 11.8 Å². The molecule has 2 heterocycles. The predicted octanol–water partition coefficient (Wildman–Crippen LogP) is 2.57. The monoisotopic (exact) mass is 266 g/mol. The number of hydrazine groups is 1. The van der Waals surface area contributed by atoms with E-state index < -0.39 is 5.50 Å². The summed E-state index contributed by atoms with van der Waals surface area (Å²) < 4.78 is 18.3. The van der Waals surface area contributed by atoms with E-state index in [1.807, 2.05) is 0 Å². The van der Waals surface area contributed by atoms with Crippen LogP contribution in [0.25, 0.3) is 11.5 Å². The smallest absolute Gasteiger partial charge is 0.248 e. The van der Waals surface area contributed by atoms with Crippen molar-refractivity contribution in [3.05, 3.63) is 35.8 Å². The molecule has 5 nitrogen and oxygen atoms in total. The first kappa shape index (κ1) is 11.2. The molecule has 2 aromatic rings. The van der Waals surface area contributed by atoms with E-state index >= 15 is 0 Å². The fourth-order valence-corrected chi connectivity index (χ4v) is 1.80. The summed E-state index contributed by atoms with van der Waals surface area (Å²) in [5.74, 6) is 5.91. The largest absolute Gasteiger partial charge is 0.418 e. The zero-order valence-corrected chi connectivity index (χ0v) is 9.80. The SMILES string of the molecule is NN1C=Nc2oc(-c3ccc(F)cc3)nc2C1Cl. The molecule has 1 aliphatic heterocycles. The lowest BCUT2D eigenvalue weighted by Crippen LogP contribution is -2.32. The molecule has 0 fully saturated rings. The Labute approximate surface area is 107 Å². The van der Waals surface area contributed by atoms with Crippen LogP contribution in [-0.4, -0.2) is 16.3 Å². The highest BCUT2D eigenvalue weighted by molar-refractivity contribution is 6.21. The number of fused-ring (bicyclic) bond motifs is 1. The normalized spacial score (nSPS) is 17.9. The van der Waals surface area contributed by atoms with Crippen molar-refractivity contribution >= 4 is 23.8 Å². The van der Waals surface area contributed by atoms with Crippen LogP contribution >= 0.6 is 11.6 Å². The second-order valence-corrected chi connectivity index (χ2v) is 4.16. The van der Waals surface area contributed by atoms with Crippen LogP contribution in [0.1, 0.15) is 11.2 Å². The number of alkyl halides is 1. The highest BCUT2D eigenvalue weighted by Gasteiger charge is 2.27. The Morgan fingerprint density at radius 3 is 2.78 bits per heavy atom. The summed E-state index contributed by atoms with van der Waals surface area (Å²) in [5, 5.41) is 1.22. The molecule has 1 aromatic heterocycles. The van der Waals surface area contributed by atoms with E-state index in [4.69, 9.17) is 21.9 Å². The summed E-state index contributed by atoms with van der Waals surface area (Å²) in [5.41, 5.74) is 0.463. The van der Waals surface area contributed by atoms with Crippen molar-refractivity contribution < 1.29 is 8.81 Å². The molecule has 0 bridgehead atoms. The van der Waals surface area contributed by atoms with Crippen molar-refractivity contribution in [2.24, 2.45) is 10.8 Å². The molecule has 0 spiro atoms. The molecule has 7 heteroatoms. The number of aromatic nitrogens is 1. The van der Waals surface area contributed by atoms with E-state index in [1.54, 1.807) is 12.1 Å². The van der Waals surface area contributed by atoms with Gasteiger partial charge in [-0.25, -0.2) is 20.2 Å². The van der Waals surface area contributed by atoms with Crippen molar-refractivity contribution in [1.29, 1.82) is 0 Å². The van der Waals surface area contributed by atoms with Crippen LogP contribution in [0.3, 0.4) is 0 Å². The van der Waals surface area contributed by atoms with Gasteiger partial charge >= 0.3 is 0 Å². The first-order valence-electron chi connectivity index (χ1n) is 5.13. The van der Waals surface area contributed by atoms with Gasteiger partial charge in [-0.05, 0) is 24.3 Å². The minimum absolute atomic E-state index is 0.316. The lowest BCUT2D eigenvalue weighted by atomic mass is 10.2. The van der Waals surface area contributed by atoms with E-state index in [9.17, 15) is 4.39 Å². The number of aliphatic imine (C=N–C) groups is 1. The van der Waals surface area contributed by atoms with Crippen molar-refractivity contribution in [3.63, 3.8) is 0 Å². The minimum atomic E-state index is -0.629. The Morgan fingerprint density at radius 1 is 1.33 bits per heavy atom. The van der Waals surface area contributed by atoms with Crippen LogP contribution in [0.5, 0.6) is 0 Å². The van der Waals surface area contributed by atoms with Gasteiger partial charge in [-0.15, -0.1) is 0 Å². The Hall–Kier alpha value is -1.92. The summed E-state index contributed by atoms with van der Waals surface area (Å²) in [7, 11) is 0. The van der Waals surface area contributed by atoms with Gasteiger partial charge < -0.3 is 4.42 Å². The van der Waals surface area contributed by atoms with Crippen molar-refractivity contribution in [2.45, 2.75) is 5.50 Å². The third-order valence-electron chi connectivity index (χ3n) is 2.52. The number of oxazole rings is 1. The maximum absolute atomic E-state index is 12.8. The molecule has 1 atom stereocenters. The van der Waals surface area contributed by atoms with Gasteiger partial charge in [-0.2, -0.15) is 0 Å². The molecular formula is C11H8ClFN4O. The standard InChI is InChI=1S/C11H8ClFN4O/c12-9-8-11(15-5-17(9)14)18-10(16-8)6-1-3-7(13)4-2-6/h1-5,9H,14H2. The van der Waals surface area contributed by atoms with Gasteiger partial charge in [0.05, 0.1) is 0 Å². The molecule has 0 amide bonds. The number of rotatable bonds is 1. The summed E-state index contributed by atoms with van der Waals surface area (Å²) in [6, 6.07) is 5.80. The van der Waals surface area contributed by atoms with E-state index in [0.29, 0.717) is 23.0 Å². The maximum atomic E-state index is 12.8. The molecule has 0 saturated heterocycles. The van der Waals surface area contributed by atoms with E-state index in [2.05, 4.69) is 9.98 Å². The third kappa shape index (κ3) is 1.75. The first-order chi connectivity index (χ1) is 8.65. The average molecular weight is 267 g/mol. The first-order valence-corrected chi connectivity index (χ1v) is 5.57. The van der Waals surface area contributed by atoms with Gasteiger partial charge in [0.15, 0.2) is 5.50 Å². The minimum Gasteiger partial charge on any atom is -0.418 e. The molecule has 0 aliphatic carbocycles. The third-order valence-corrected chi connectivity index (χ3v) is 2.95. The van der Waals surface area contributed by atoms with Gasteiger partial charge in [0.25, 0.3) is 0 Å². The topological polar surface area (TPSA) is 67.7 Å². The summed E-state index contributed by atoms with van der Waals surface area (Å²) in [4.78, 5) is 8.20. The molecule has 1 aliphatic rings. The second-order valence-electron chi connectivity index (χ2n) is 3.74. The van der Waals surface area contributed by atoms with Crippen LogP contribution in [0.4, 0.5) is 10.3 Å². The zero-order chi connectivity index (χ0) is 12.7. The number of hydrogen-bond donors (Lipinski definition) is 1. The van der Waals surface area contributed by atoms with E-state index in [-0.39, 0.29) is 5.82 Å². The summed E-state index contributed by atoms with van der Waals surface area (Å²) in [6.45, 7) is 0. The molecule has 1 unspecified atom stereocenters. The van der Waals surface area contributed by atoms with Crippen molar-refractivity contribution in [3.8, 4) is 11.5 Å². The van der Waals surface area contributed by atoms with Crippen LogP contribution in [0, 0.1) is 5.82 Å². The second kappa shape index (κ2) is 4.08. The number of nitrogens with two attached hydrogens (primary N) is 1. The average Bonchev–Trinajstić information content (AvgIpc) is 2.80. The van der Waals surface area contributed by atoms with Crippen LogP contribution in [0.15, 0.2) is 33.7 Å². The van der Waals surface area contributed by atoms with E-state index in [0.717, 1.165) is 0 Å². The van der Waals surface area contributed by atoms with Gasteiger partial charge in [0, 0.05) is 5.56 Å². The van der Waals surface area contributed by atoms with Crippen molar-refractivity contribution in [2.75, 3.05) is 0 Å². The molecule has 18 heavy (non-hydrogen) atoms. The van der Waals surface area contributed by atoms with Crippen molar-refractivity contribution in [1.82, 2.24) is 9.99 Å². The molecule has 1 aromatic carbocycles. The molecule has 0 radical (unpaired) electrons. The maximum Gasteiger partial charge on any atom is 0.248 e. The molecular weight excluding hydrogens is 259 g/mol. The number of nitrogens with zero attached hydrogens (tertiary/aromatic N) is 3. The predicted molar refractivity (Wildman–Crippen MR) is 64.7 cm³/mol. The van der Waals surface area contributed by atoms with Crippen LogP contribution in [0.2, 0.25) is 0 Å². The lowest BCUT2D eigenvalue weighted by Gasteiger charge is -2.20. The zero-order valence-electron chi connectivity index (χ0n) is 9.05. The lowest BCUT2D eigenvalue weighted by molar-refractivity contribution is 0.412.